The molecule has 2 unspecified atom stereocenters. The zero-order chi connectivity index (χ0) is 24.8. The molecule has 0 saturated carbocycles. The molecule has 12 heteroatoms. The molecule has 182 valence electrons. The number of alkyl halides is 1. The molecule has 0 aromatic carbocycles. The number of amides is 3. The minimum atomic E-state index is -0.964. The summed E-state index contributed by atoms with van der Waals surface area (Å²) >= 11 is 3.26. The molecule has 6 N–H and O–H groups in total. The van der Waals surface area contributed by atoms with E-state index in [9.17, 15) is 24.3 Å². The molecule has 2 atom stereocenters. The molecular formula is C19H37BrN4O7. The normalized spacial score (nSPS) is 13.2. The van der Waals surface area contributed by atoms with Crippen LogP contribution in [0.1, 0.15) is 47.5 Å². The van der Waals surface area contributed by atoms with E-state index in [2.05, 4.69) is 15.9 Å². The largest absolute Gasteiger partial charge is 0.480 e. The molecule has 0 aliphatic heterocycles. The predicted molar refractivity (Wildman–Crippen MR) is 120 cm³/mol. The van der Waals surface area contributed by atoms with E-state index in [0.29, 0.717) is 32.5 Å². The van der Waals surface area contributed by atoms with E-state index < -0.39 is 34.4 Å². The molecule has 0 rings (SSSR count). The van der Waals surface area contributed by atoms with E-state index >= 15 is 0 Å². The summed E-state index contributed by atoms with van der Waals surface area (Å²) in [6, 6.07) is -1.22. The third kappa shape index (κ3) is 13.3. The lowest BCUT2D eigenvalue weighted by molar-refractivity contribution is -0.141. The second-order valence-corrected chi connectivity index (χ2v) is 8.50. The van der Waals surface area contributed by atoms with Crippen molar-refractivity contribution in [3.05, 3.63) is 0 Å². The lowest BCUT2D eigenvalue weighted by atomic mass is 10.0. The van der Waals surface area contributed by atoms with E-state index in [4.69, 9.17) is 15.9 Å². The maximum atomic E-state index is 11.3. The predicted octanol–water partition coefficient (Wildman–Crippen LogP) is 0.684. The fourth-order valence-corrected chi connectivity index (χ4v) is 2.87. The second kappa shape index (κ2) is 16.0. The fourth-order valence-electron chi connectivity index (χ4n) is 2.77. The van der Waals surface area contributed by atoms with Gasteiger partial charge in [-0.25, -0.2) is 4.79 Å². The van der Waals surface area contributed by atoms with Gasteiger partial charge >= 0.3 is 18.0 Å². The number of aliphatic hydroxyl groups excluding tert-OH is 1. The maximum Gasteiger partial charge on any atom is 0.318 e. The number of halogens is 1. The van der Waals surface area contributed by atoms with Crippen LogP contribution in [0.3, 0.4) is 0 Å². The van der Waals surface area contributed by atoms with Crippen LogP contribution < -0.4 is 11.1 Å². The van der Waals surface area contributed by atoms with E-state index in [1.165, 1.54) is 0 Å². The van der Waals surface area contributed by atoms with Crippen LogP contribution in [0.25, 0.3) is 0 Å². The van der Waals surface area contributed by atoms with Gasteiger partial charge in [-0.1, -0.05) is 43.6 Å². The highest BCUT2D eigenvalue weighted by Crippen LogP contribution is 2.26. The number of carboxylic acid groups (broad SMARTS) is 2. The molecule has 11 nitrogen and oxygen atoms in total. The smallest absolute Gasteiger partial charge is 0.318 e. The number of hydrogen-bond acceptors (Lipinski definition) is 7. The Balaban J connectivity index is 0. The van der Waals surface area contributed by atoms with Crippen molar-refractivity contribution >= 4 is 39.8 Å². The Kier molecular flexibility index (Phi) is 16.2. The Hall–Kier alpha value is -1.76. The van der Waals surface area contributed by atoms with Gasteiger partial charge in [0.1, 0.15) is 4.32 Å². The van der Waals surface area contributed by atoms with Crippen molar-refractivity contribution in [1.29, 1.82) is 0 Å². The monoisotopic (exact) mass is 512 g/mol. The summed E-state index contributed by atoms with van der Waals surface area (Å²) in [5.74, 6) is -2.28. The second-order valence-electron chi connectivity index (χ2n) is 6.98. The van der Waals surface area contributed by atoms with Gasteiger partial charge in [-0.3, -0.25) is 29.5 Å². The standard InChI is InChI=1S/C12H24N2O5.C7H13BrN2O2/c1-4-13(7-11(16)17)6-10(9(3)15)14(5-2)8-12(18)19;1-3-7(8,4-2)5(11)10-6(9)12/h9-10,15H,4-8H2,1-3H3,(H,16,17)(H,18,19);3-4H2,1-2H3,(H3,9,10,11,12). The third-order valence-corrected chi connectivity index (χ3v) is 6.27. The molecule has 0 aromatic heterocycles. The van der Waals surface area contributed by atoms with Crippen molar-refractivity contribution in [2.45, 2.75) is 63.9 Å². The fraction of sp³-hybridized carbons (Fsp3) is 0.789. The number of primary amides is 1. The number of nitrogens with one attached hydrogen (secondary N) is 1. The highest BCUT2D eigenvalue weighted by molar-refractivity contribution is 9.10. The number of carbonyl (C=O) groups excluding carboxylic acids is 2. The molecule has 0 saturated heterocycles. The van der Waals surface area contributed by atoms with Crippen molar-refractivity contribution < 1.29 is 34.5 Å². The molecule has 0 radical (unpaired) electrons. The summed E-state index contributed by atoms with van der Waals surface area (Å²) in [6.07, 6.45) is 0.493. The summed E-state index contributed by atoms with van der Waals surface area (Å²) in [5, 5.41) is 29.5. The minimum absolute atomic E-state index is 0.121. The van der Waals surface area contributed by atoms with Crippen LogP contribution in [-0.4, -0.2) is 98.2 Å². The SMILES string of the molecule is CCC(Br)(CC)C(=O)NC(N)=O.CCN(CC(=O)O)CC(C(C)O)N(CC)CC(=O)O. The number of imide groups is 1. The van der Waals surface area contributed by atoms with Gasteiger partial charge < -0.3 is 21.1 Å². The Morgan fingerprint density at radius 1 is 1.00 bits per heavy atom. The van der Waals surface area contributed by atoms with Gasteiger partial charge in [0.25, 0.3) is 0 Å². The quantitative estimate of drug-likeness (QED) is 0.222. The van der Waals surface area contributed by atoms with E-state index in [-0.39, 0.29) is 19.0 Å². The van der Waals surface area contributed by atoms with Gasteiger partial charge in [-0.2, -0.15) is 0 Å². The number of urea groups is 1. The summed E-state index contributed by atoms with van der Waals surface area (Å²) in [5.41, 5.74) is 4.81. The first-order valence-electron chi connectivity index (χ1n) is 10.2. The van der Waals surface area contributed by atoms with E-state index in [1.54, 1.807) is 16.7 Å². The average Bonchev–Trinajstić information content (AvgIpc) is 2.67. The molecular weight excluding hydrogens is 476 g/mol. The Morgan fingerprint density at radius 2 is 1.48 bits per heavy atom. The topological polar surface area (TPSA) is 174 Å². The number of carboxylic acids is 2. The number of carbonyl (C=O) groups is 4. The van der Waals surface area contributed by atoms with Gasteiger partial charge in [-0.05, 0) is 32.9 Å². The lowest BCUT2D eigenvalue weighted by Crippen LogP contribution is -2.52. The number of likely N-dealkylation sites (N-methyl/N-ethyl adjacent to an activating group) is 2. The average molecular weight is 513 g/mol. The Morgan fingerprint density at radius 3 is 1.77 bits per heavy atom. The van der Waals surface area contributed by atoms with Crippen LogP contribution >= 0.6 is 15.9 Å². The van der Waals surface area contributed by atoms with Crippen LogP contribution in [0.5, 0.6) is 0 Å². The van der Waals surface area contributed by atoms with Gasteiger partial charge in [-0.15, -0.1) is 0 Å². The van der Waals surface area contributed by atoms with Gasteiger partial charge in [0.2, 0.25) is 5.91 Å². The maximum absolute atomic E-state index is 11.3. The summed E-state index contributed by atoms with van der Waals surface area (Å²) in [6.45, 7) is 9.98. The number of nitrogens with zero attached hydrogens (tertiary/aromatic N) is 2. The zero-order valence-electron chi connectivity index (χ0n) is 18.9. The first-order valence-corrected chi connectivity index (χ1v) is 10.9. The molecule has 0 aliphatic carbocycles. The number of rotatable bonds is 13. The van der Waals surface area contributed by atoms with Gasteiger partial charge in [0.15, 0.2) is 0 Å². The van der Waals surface area contributed by atoms with Crippen molar-refractivity contribution in [3.63, 3.8) is 0 Å². The minimum Gasteiger partial charge on any atom is -0.480 e. The van der Waals surface area contributed by atoms with E-state index in [0.717, 1.165) is 0 Å². The number of aliphatic hydroxyl groups is 1. The van der Waals surface area contributed by atoms with Crippen molar-refractivity contribution in [1.82, 2.24) is 15.1 Å². The first kappa shape index (κ1) is 31.4. The Bertz CT molecular complexity index is 586. The molecule has 0 bridgehead atoms. The van der Waals surface area contributed by atoms with Gasteiger partial charge in [0.05, 0.1) is 19.2 Å². The number of nitrogens with two attached hydrogens (primary N) is 1. The molecule has 0 fully saturated rings. The van der Waals surface area contributed by atoms with Crippen LogP contribution in [0, 0.1) is 0 Å². The van der Waals surface area contributed by atoms with Crippen LogP contribution in [0.15, 0.2) is 0 Å². The lowest BCUT2D eigenvalue weighted by Gasteiger charge is -2.35. The first-order chi connectivity index (χ1) is 14.3. The molecule has 0 heterocycles. The van der Waals surface area contributed by atoms with Crippen molar-refractivity contribution in [2.75, 3.05) is 32.7 Å². The number of hydrogen-bond donors (Lipinski definition) is 5. The van der Waals surface area contributed by atoms with Gasteiger partial charge in [0, 0.05) is 12.6 Å². The summed E-state index contributed by atoms with van der Waals surface area (Å²) in [4.78, 5) is 46.5. The zero-order valence-corrected chi connectivity index (χ0v) is 20.5. The highest BCUT2D eigenvalue weighted by Gasteiger charge is 2.32. The molecule has 0 aliphatic rings. The molecule has 0 aromatic rings. The van der Waals surface area contributed by atoms with E-state index in [1.807, 2.05) is 33.0 Å². The third-order valence-electron chi connectivity index (χ3n) is 4.79. The van der Waals surface area contributed by atoms with Crippen molar-refractivity contribution in [2.24, 2.45) is 5.73 Å². The Labute approximate surface area is 192 Å². The van der Waals surface area contributed by atoms with Crippen LogP contribution in [0.4, 0.5) is 4.79 Å². The molecule has 0 spiro atoms. The highest BCUT2D eigenvalue weighted by atomic mass is 79.9. The number of aliphatic carboxylic acids is 2. The van der Waals surface area contributed by atoms with Crippen molar-refractivity contribution in [3.8, 4) is 0 Å². The molecule has 31 heavy (non-hydrogen) atoms. The summed E-state index contributed by atoms with van der Waals surface area (Å²) in [7, 11) is 0. The molecule has 3 amide bonds. The van der Waals surface area contributed by atoms with Crippen LogP contribution in [-0.2, 0) is 14.4 Å². The van der Waals surface area contributed by atoms with Crippen LogP contribution in [0.2, 0.25) is 0 Å². The summed E-state index contributed by atoms with van der Waals surface area (Å²) < 4.78 is -0.665.